The number of hydrogen-bond acceptors (Lipinski definition) is 24. The molecule has 5 aromatic carbocycles. The van der Waals surface area contributed by atoms with Crippen LogP contribution in [0.15, 0.2) is 121 Å². The average Bonchev–Trinajstić information content (AvgIpc) is 3.33. The highest BCUT2D eigenvalue weighted by molar-refractivity contribution is 7.95. The lowest BCUT2D eigenvalue weighted by molar-refractivity contribution is -0.432. The number of hydrogen-bond donors (Lipinski definition) is 8. The fourth-order valence-corrected chi connectivity index (χ4v) is 9.21. The summed E-state index contributed by atoms with van der Waals surface area (Å²) in [5, 5.41) is 49.6. The quantitative estimate of drug-likeness (QED) is 0.0117. The first-order chi connectivity index (χ1) is 32.8. The second kappa shape index (κ2) is 20.8. The van der Waals surface area contributed by atoms with Crippen LogP contribution in [0.25, 0.3) is 22.0 Å². The maximum Gasteiger partial charge on any atom is 0.296 e. The summed E-state index contributed by atoms with van der Waals surface area (Å²) in [4.78, 5) is 56.8. The standard InChI is InChI=1S/C41H32N8O15S4/c1-3-42-39-46-40(43-21-11-13-22(14-12-21)65-62-59-53)48-41(47-39)45-28-18-27(30(67-64-61-55)19-31(28)68(56,57)58)44-26-15-16-29-34-32(24-9-4-5-10-25(24)37(51)33(26)34)35(38(52)49(29)2)36(50)20-7-6-8-23(17-20)66-63-60-54/h4-19,44,53-55H,3H2,1-2H3,(H,56,57,58)(H3,42,43,45,46,47,48). The number of aryl methyl sites for hydroxylation is 1. The Balaban J connectivity index is 1.27. The van der Waals surface area contributed by atoms with Crippen molar-refractivity contribution in [1.82, 2.24) is 19.5 Å². The molecule has 0 radical (unpaired) electrons. The monoisotopic (exact) mass is 1000 g/mol. The minimum absolute atomic E-state index is 0.00289. The van der Waals surface area contributed by atoms with E-state index < -0.39 is 32.1 Å². The van der Waals surface area contributed by atoms with Crippen molar-refractivity contribution in [3.05, 3.63) is 130 Å². The van der Waals surface area contributed by atoms with Gasteiger partial charge < -0.3 is 25.8 Å². The number of fused-ring (bicyclic) bond motifs is 2. The molecule has 0 amide bonds. The predicted octanol–water partition coefficient (Wildman–Crippen LogP) is 8.36. The Hall–Kier alpha value is -6.54. The number of rotatable bonds is 20. The Morgan fingerprint density at radius 2 is 1.35 bits per heavy atom. The van der Waals surface area contributed by atoms with Crippen LogP contribution < -0.4 is 26.8 Å². The summed E-state index contributed by atoms with van der Waals surface area (Å²) in [6.45, 7) is 2.16. The lowest BCUT2D eigenvalue weighted by Gasteiger charge is -2.26. The molecule has 0 aliphatic heterocycles. The number of nitrogens with one attached hydrogen (secondary N) is 4. The predicted molar refractivity (Wildman–Crippen MR) is 246 cm³/mol. The summed E-state index contributed by atoms with van der Waals surface area (Å²) in [6, 6.07) is 24.3. The first-order valence-electron chi connectivity index (χ1n) is 19.3. The third-order valence-corrected chi connectivity index (χ3v) is 12.7. The lowest BCUT2D eigenvalue weighted by Crippen LogP contribution is -2.29. The van der Waals surface area contributed by atoms with Gasteiger partial charge in [-0.15, -0.1) is 13.0 Å². The number of nitrogens with zero attached hydrogens (tertiary/aromatic N) is 4. The number of ketones is 2. The van der Waals surface area contributed by atoms with E-state index in [1.807, 2.05) is 0 Å². The number of carbonyl (C=O) groups is 2. The van der Waals surface area contributed by atoms with Gasteiger partial charge in [-0.3, -0.25) is 18.9 Å². The van der Waals surface area contributed by atoms with Crippen molar-refractivity contribution in [3.63, 3.8) is 0 Å². The molecule has 1 aliphatic carbocycles. The fraction of sp³-hybridized carbons (Fsp3) is 0.0732. The van der Waals surface area contributed by atoms with E-state index in [9.17, 15) is 27.4 Å². The molecule has 0 atom stereocenters. The maximum absolute atomic E-state index is 14.7. The second-order valence-electron chi connectivity index (χ2n) is 14.0. The zero-order chi connectivity index (χ0) is 48.1. The first-order valence-corrected chi connectivity index (χ1v) is 23.0. The molecule has 8 rings (SSSR count). The molecular weight excluding hydrogens is 973 g/mol. The van der Waals surface area contributed by atoms with Gasteiger partial charge in [0.1, 0.15) is 4.90 Å². The molecule has 2 heterocycles. The highest BCUT2D eigenvalue weighted by Crippen LogP contribution is 2.46. The van der Waals surface area contributed by atoms with E-state index in [-0.39, 0.29) is 78.5 Å². The number of aromatic nitrogens is 4. The molecule has 7 aromatic rings. The molecular formula is C41H32N8O15S4. The van der Waals surface area contributed by atoms with E-state index in [0.717, 1.165) is 18.1 Å². The van der Waals surface area contributed by atoms with E-state index in [1.165, 1.54) is 35.9 Å². The summed E-state index contributed by atoms with van der Waals surface area (Å²) >= 11 is 1.69. The molecule has 2 aromatic heterocycles. The highest BCUT2D eigenvalue weighted by Gasteiger charge is 2.34. The summed E-state index contributed by atoms with van der Waals surface area (Å²) in [6.07, 6.45) is 0. The summed E-state index contributed by atoms with van der Waals surface area (Å²) in [5.74, 6) is -1.34. The number of carbonyl (C=O) groups excluding carboxylic acids is 2. The van der Waals surface area contributed by atoms with E-state index in [1.54, 1.807) is 73.7 Å². The molecule has 0 fully saturated rings. The number of benzene rings is 5. The van der Waals surface area contributed by atoms with E-state index in [0.29, 0.717) is 51.7 Å². The Morgan fingerprint density at radius 1 is 0.691 bits per heavy atom. The minimum Gasteiger partial charge on any atom is -0.354 e. The minimum atomic E-state index is -5.06. The largest absolute Gasteiger partial charge is 0.354 e. The van der Waals surface area contributed by atoms with Crippen molar-refractivity contribution in [2.75, 3.05) is 27.8 Å². The van der Waals surface area contributed by atoms with Crippen molar-refractivity contribution >= 4 is 109 Å². The molecule has 0 saturated carbocycles. The van der Waals surface area contributed by atoms with Gasteiger partial charge in [0, 0.05) is 51.1 Å². The van der Waals surface area contributed by atoms with Gasteiger partial charge in [-0.2, -0.15) is 23.4 Å². The molecule has 1 aliphatic rings. The summed E-state index contributed by atoms with van der Waals surface area (Å²) < 4.78 is 51.5. The van der Waals surface area contributed by atoms with Crippen LogP contribution in [0.1, 0.15) is 38.8 Å². The Labute approximate surface area is 395 Å². The van der Waals surface area contributed by atoms with E-state index in [2.05, 4.69) is 60.0 Å². The summed E-state index contributed by atoms with van der Waals surface area (Å²) in [5.41, 5.74) is 0.413. The van der Waals surface area contributed by atoms with Crippen LogP contribution in [0.2, 0.25) is 0 Å². The SMILES string of the molecule is CCNc1nc(Nc2ccc(SOOO)cc2)nc(Nc2cc(Nc3ccc4c5c3C(=O)c3ccccc3-c5c(C(=O)c3cccc(SOOO)c3)c(=O)n4C)c(SOOO)cc2S(=O)(=O)O)n1. The van der Waals surface area contributed by atoms with Crippen molar-refractivity contribution < 1.29 is 66.4 Å². The lowest BCUT2D eigenvalue weighted by atomic mass is 9.80. The molecule has 350 valence electrons. The van der Waals surface area contributed by atoms with Gasteiger partial charge in [0.05, 0.1) is 74.7 Å². The molecule has 8 N–H and O–H groups in total. The van der Waals surface area contributed by atoms with Gasteiger partial charge in [-0.25, -0.2) is 15.8 Å². The van der Waals surface area contributed by atoms with Crippen LogP contribution in [-0.4, -0.2) is 66.4 Å². The van der Waals surface area contributed by atoms with Gasteiger partial charge in [0.25, 0.3) is 15.7 Å². The van der Waals surface area contributed by atoms with Gasteiger partial charge in [0.2, 0.25) is 17.8 Å². The molecule has 0 unspecified atom stereocenters. The molecule has 0 spiro atoms. The van der Waals surface area contributed by atoms with Gasteiger partial charge >= 0.3 is 0 Å². The van der Waals surface area contributed by atoms with Crippen LogP contribution >= 0.6 is 36.1 Å². The highest BCUT2D eigenvalue weighted by atomic mass is 32.2. The Kier molecular flexibility index (Phi) is 14.6. The zero-order valence-corrected chi connectivity index (χ0v) is 37.9. The van der Waals surface area contributed by atoms with Gasteiger partial charge in [0.15, 0.2) is 11.6 Å². The second-order valence-corrected chi connectivity index (χ2v) is 17.6. The smallest absolute Gasteiger partial charge is 0.296 e. The molecule has 0 bridgehead atoms. The Morgan fingerprint density at radius 3 is 2.04 bits per heavy atom. The van der Waals surface area contributed by atoms with Gasteiger partial charge in [-0.1, -0.05) is 51.5 Å². The van der Waals surface area contributed by atoms with Crippen LogP contribution in [0.5, 0.6) is 0 Å². The first kappa shape index (κ1) is 47.9. The van der Waals surface area contributed by atoms with Crippen LogP contribution in [0.3, 0.4) is 0 Å². The average molecular weight is 1010 g/mol. The Bertz CT molecular complexity index is 3270. The topological polar surface area (TPSA) is 313 Å². The van der Waals surface area contributed by atoms with Crippen LogP contribution in [0, 0.1) is 0 Å². The molecule has 68 heavy (non-hydrogen) atoms. The van der Waals surface area contributed by atoms with Crippen molar-refractivity contribution in [3.8, 4) is 11.1 Å². The number of pyridine rings is 1. The molecule has 23 nitrogen and oxygen atoms in total. The normalized spacial score (nSPS) is 11.9. The third kappa shape index (κ3) is 10.0. The molecule has 0 saturated heterocycles. The zero-order valence-electron chi connectivity index (χ0n) is 34.6. The number of anilines is 7. The van der Waals surface area contributed by atoms with Crippen molar-refractivity contribution in [2.45, 2.75) is 26.5 Å². The maximum atomic E-state index is 14.7. The van der Waals surface area contributed by atoms with Crippen LogP contribution in [-0.2, 0) is 45.3 Å². The van der Waals surface area contributed by atoms with Crippen molar-refractivity contribution in [1.29, 1.82) is 0 Å². The van der Waals surface area contributed by atoms with E-state index in [4.69, 9.17) is 20.1 Å². The van der Waals surface area contributed by atoms with Gasteiger partial charge in [-0.05, 0) is 73.2 Å². The third-order valence-electron chi connectivity index (χ3n) is 9.99. The summed E-state index contributed by atoms with van der Waals surface area (Å²) in [7, 11) is -3.60. The molecule has 27 heteroatoms. The van der Waals surface area contributed by atoms with E-state index >= 15 is 0 Å². The van der Waals surface area contributed by atoms with Crippen LogP contribution in [0.4, 0.5) is 40.6 Å². The fourth-order valence-electron chi connectivity index (χ4n) is 7.23. The van der Waals surface area contributed by atoms with Crippen molar-refractivity contribution in [2.24, 2.45) is 7.05 Å².